The molecule has 0 radical (unpaired) electrons. The number of benzene rings is 2. The Morgan fingerprint density at radius 3 is 2.68 bits per heavy atom. The van der Waals surface area contributed by atoms with Gasteiger partial charge in [-0.1, -0.05) is 18.2 Å². The summed E-state index contributed by atoms with van der Waals surface area (Å²) in [4.78, 5) is 4.85. The Morgan fingerprint density at radius 1 is 1.16 bits per heavy atom. The summed E-state index contributed by atoms with van der Waals surface area (Å²) >= 11 is 1.46. The normalized spacial score (nSPS) is 12.5. The van der Waals surface area contributed by atoms with E-state index in [0.29, 0.717) is 0 Å². The van der Waals surface area contributed by atoms with Gasteiger partial charge in [0.1, 0.15) is 11.9 Å². The molecular formula is C15H13NO2S. The maximum atomic E-state index is 10.3. The maximum Gasteiger partial charge on any atom is 0.119 e. The summed E-state index contributed by atoms with van der Waals surface area (Å²) in [7, 11) is 1.66. The number of ether oxygens (including phenoxy) is 1. The van der Waals surface area contributed by atoms with E-state index in [1.165, 1.54) is 11.3 Å². The standard InChI is InChI=1S/C15H13NO2S/c1-18-13-5-4-10-6-12(3-2-11(10)7-13)15(17)14-8-16-9-19-14/h2-9,15,17H,1H3. The van der Waals surface area contributed by atoms with Crippen molar-refractivity contribution in [3.63, 3.8) is 0 Å². The predicted molar refractivity (Wildman–Crippen MR) is 76.7 cm³/mol. The molecule has 3 aromatic rings. The lowest BCUT2D eigenvalue weighted by Crippen LogP contribution is -1.96. The molecule has 1 heterocycles. The Morgan fingerprint density at radius 2 is 1.95 bits per heavy atom. The Kier molecular flexibility index (Phi) is 3.19. The monoisotopic (exact) mass is 271 g/mol. The van der Waals surface area contributed by atoms with E-state index in [4.69, 9.17) is 4.74 Å². The lowest BCUT2D eigenvalue weighted by molar-refractivity contribution is 0.224. The van der Waals surface area contributed by atoms with Gasteiger partial charge in [-0.05, 0) is 34.5 Å². The molecule has 0 aliphatic carbocycles. The number of fused-ring (bicyclic) bond motifs is 1. The second kappa shape index (κ2) is 4.99. The van der Waals surface area contributed by atoms with Gasteiger partial charge in [-0.3, -0.25) is 4.98 Å². The molecule has 0 bridgehead atoms. The fraction of sp³-hybridized carbons (Fsp3) is 0.133. The summed E-state index contributed by atoms with van der Waals surface area (Å²) < 4.78 is 5.20. The Hall–Kier alpha value is -1.91. The molecule has 0 spiro atoms. The van der Waals surface area contributed by atoms with Crippen LogP contribution < -0.4 is 4.74 Å². The molecule has 3 rings (SSSR count). The van der Waals surface area contributed by atoms with Crippen molar-refractivity contribution in [2.75, 3.05) is 7.11 Å². The van der Waals surface area contributed by atoms with Crippen molar-refractivity contribution < 1.29 is 9.84 Å². The lowest BCUT2D eigenvalue weighted by atomic mass is 10.0. The van der Waals surface area contributed by atoms with E-state index in [1.54, 1.807) is 18.8 Å². The minimum atomic E-state index is -0.612. The molecule has 0 aliphatic heterocycles. The SMILES string of the molecule is COc1ccc2cc(C(O)c3cncs3)ccc2c1. The quantitative estimate of drug-likeness (QED) is 0.794. The van der Waals surface area contributed by atoms with Gasteiger partial charge >= 0.3 is 0 Å². The second-order valence-corrected chi connectivity index (χ2v) is 5.20. The van der Waals surface area contributed by atoms with E-state index >= 15 is 0 Å². The smallest absolute Gasteiger partial charge is 0.119 e. The van der Waals surface area contributed by atoms with Gasteiger partial charge in [0, 0.05) is 6.20 Å². The number of thiazole rings is 1. The third-order valence-corrected chi connectivity index (χ3v) is 3.94. The van der Waals surface area contributed by atoms with Crippen molar-refractivity contribution >= 4 is 22.1 Å². The zero-order valence-corrected chi connectivity index (χ0v) is 11.2. The molecule has 1 unspecified atom stereocenters. The van der Waals surface area contributed by atoms with Crippen molar-refractivity contribution in [2.45, 2.75) is 6.10 Å². The van der Waals surface area contributed by atoms with Crippen LogP contribution in [0.1, 0.15) is 16.5 Å². The topological polar surface area (TPSA) is 42.4 Å². The zero-order valence-electron chi connectivity index (χ0n) is 10.4. The highest BCUT2D eigenvalue weighted by Gasteiger charge is 2.12. The highest BCUT2D eigenvalue weighted by Crippen LogP contribution is 2.28. The summed E-state index contributed by atoms with van der Waals surface area (Å²) in [6.07, 6.45) is 1.09. The average Bonchev–Trinajstić information content (AvgIpc) is 2.99. The molecule has 0 fully saturated rings. The van der Waals surface area contributed by atoms with Crippen LogP contribution in [0.25, 0.3) is 10.8 Å². The molecule has 0 amide bonds. The largest absolute Gasteiger partial charge is 0.497 e. The molecule has 0 saturated carbocycles. The maximum absolute atomic E-state index is 10.3. The van der Waals surface area contributed by atoms with Gasteiger partial charge in [0.25, 0.3) is 0 Å². The van der Waals surface area contributed by atoms with Gasteiger partial charge in [0.05, 0.1) is 17.5 Å². The third-order valence-electron chi connectivity index (χ3n) is 3.11. The van der Waals surface area contributed by atoms with Gasteiger partial charge in [0.2, 0.25) is 0 Å². The second-order valence-electron chi connectivity index (χ2n) is 4.28. The fourth-order valence-corrected chi connectivity index (χ4v) is 2.69. The zero-order chi connectivity index (χ0) is 13.2. The summed E-state index contributed by atoms with van der Waals surface area (Å²) in [5, 5.41) is 12.5. The average molecular weight is 271 g/mol. The van der Waals surface area contributed by atoms with E-state index < -0.39 is 6.10 Å². The van der Waals surface area contributed by atoms with Crippen LogP contribution in [0, 0.1) is 0 Å². The van der Waals surface area contributed by atoms with E-state index in [9.17, 15) is 5.11 Å². The van der Waals surface area contributed by atoms with Gasteiger partial charge in [0.15, 0.2) is 0 Å². The molecule has 4 heteroatoms. The summed E-state index contributed by atoms with van der Waals surface area (Å²) in [5.74, 6) is 0.836. The van der Waals surface area contributed by atoms with E-state index in [2.05, 4.69) is 4.98 Å². The summed E-state index contributed by atoms with van der Waals surface area (Å²) in [6, 6.07) is 11.8. The van der Waals surface area contributed by atoms with Crippen LogP contribution in [0.3, 0.4) is 0 Å². The summed E-state index contributed by atoms with van der Waals surface area (Å²) in [6.45, 7) is 0. The number of aliphatic hydroxyl groups is 1. The highest BCUT2D eigenvalue weighted by molar-refractivity contribution is 7.09. The van der Waals surface area contributed by atoms with Crippen molar-refractivity contribution in [2.24, 2.45) is 0 Å². The van der Waals surface area contributed by atoms with Crippen LogP contribution >= 0.6 is 11.3 Å². The van der Waals surface area contributed by atoms with Crippen LogP contribution in [0.4, 0.5) is 0 Å². The first-order valence-corrected chi connectivity index (χ1v) is 6.80. The first-order valence-electron chi connectivity index (χ1n) is 5.92. The molecule has 2 aromatic carbocycles. The van der Waals surface area contributed by atoms with Crippen molar-refractivity contribution in [3.05, 3.63) is 58.5 Å². The molecule has 1 aromatic heterocycles. The number of nitrogens with zero attached hydrogens (tertiary/aromatic N) is 1. The minimum Gasteiger partial charge on any atom is -0.497 e. The van der Waals surface area contributed by atoms with Gasteiger partial charge in [-0.15, -0.1) is 11.3 Å². The van der Waals surface area contributed by atoms with Crippen LogP contribution in [-0.2, 0) is 0 Å². The first-order chi connectivity index (χ1) is 9.28. The van der Waals surface area contributed by atoms with Gasteiger partial charge in [-0.2, -0.15) is 0 Å². The Labute approximate surface area is 115 Å². The first kappa shape index (κ1) is 12.1. The minimum absolute atomic E-state index is 0.612. The Bertz CT molecular complexity index is 694. The van der Waals surface area contributed by atoms with Crippen molar-refractivity contribution in [3.8, 4) is 5.75 Å². The molecular weight excluding hydrogens is 258 g/mol. The summed E-state index contributed by atoms with van der Waals surface area (Å²) in [5.41, 5.74) is 2.60. The van der Waals surface area contributed by atoms with E-state index in [1.807, 2.05) is 36.4 Å². The molecule has 0 saturated heterocycles. The highest BCUT2D eigenvalue weighted by atomic mass is 32.1. The molecule has 3 nitrogen and oxygen atoms in total. The number of rotatable bonds is 3. The van der Waals surface area contributed by atoms with Crippen LogP contribution in [-0.4, -0.2) is 17.2 Å². The van der Waals surface area contributed by atoms with Crippen LogP contribution in [0.5, 0.6) is 5.75 Å². The third kappa shape index (κ3) is 2.32. The van der Waals surface area contributed by atoms with Crippen molar-refractivity contribution in [1.29, 1.82) is 0 Å². The van der Waals surface area contributed by atoms with E-state index in [-0.39, 0.29) is 0 Å². The number of aliphatic hydroxyl groups excluding tert-OH is 1. The molecule has 1 atom stereocenters. The van der Waals surface area contributed by atoms with Crippen molar-refractivity contribution in [1.82, 2.24) is 4.98 Å². The number of hydrogen-bond acceptors (Lipinski definition) is 4. The number of hydrogen-bond donors (Lipinski definition) is 1. The lowest BCUT2D eigenvalue weighted by Gasteiger charge is -2.10. The molecule has 1 N–H and O–H groups in total. The Balaban J connectivity index is 2.02. The van der Waals surface area contributed by atoms with Crippen LogP contribution in [0.15, 0.2) is 48.1 Å². The number of methoxy groups -OCH3 is 1. The molecule has 0 aliphatic rings. The van der Waals surface area contributed by atoms with Crippen LogP contribution in [0.2, 0.25) is 0 Å². The molecule has 19 heavy (non-hydrogen) atoms. The predicted octanol–water partition coefficient (Wildman–Crippen LogP) is 3.39. The van der Waals surface area contributed by atoms with Gasteiger partial charge < -0.3 is 9.84 Å². The fourth-order valence-electron chi connectivity index (χ4n) is 2.06. The molecule has 96 valence electrons. The number of aromatic nitrogens is 1. The van der Waals surface area contributed by atoms with Gasteiger partial charge in [-0.25, -0.2) is 0 Å². The van der Waals surface area contributed by atoms with E-state index in [0.717, 1.165) is 27.0 Å².